The third-order valence-electron chi connectivity index (χ3n) is 2.21. The average Bonchev–Trinajstić information content (AvgIpc) is 2.85. The summed E-state index contributed by atoms with van der Waals surface area (Å²) in [5.41, 5.74) is 0. The van der Waals surface area contributed by atoms with E-state index >= 15 is 0 Å². The zero-order valence-corrected chi connectivity index (χ0v) is 11.3. The van der Waals surface area contributed by atoms with Gasteiger partial charge in [-0.3, -0.25) is 0 Å². The fourth-order valence-corrected chi connectivity index (χ4v) is 1.77. The first kappa shape index (κ1) is 14.4. The van der Waals surface area contributed by atoms with Gasteiger partial charge in [-0.15, -0.1) is 11.3 Å². The van der Waals surface area contributed by atoms with Gasteiger partial charge in [0.2, 0.25) is 0 Å². The molecule has 0 spiro atoms. The molecule has 100 valence electrons. The van der Waals surface area contributed by atoms with Crippen LogP contribution in [0.3, 0.4) is 0 Å². The number of hydrogen-bond acceptors (Lipinski definition) is 6. The van der Waals surface area contributed by atoms with E-state index < -0.39 is 18.1 Å². The molecule has 0 bridgehead atoms. The van der Waals surface area contributed by atoms with Crippen LogP contribution >= 0.6 is 11.3 Å². The lowest BCUT2D eigenvalue weighted by atomic mass is 10.1. The number of ether oxygens (including phenoxy) is 2. The minimum Gasteiger partial charge on any atom is -0.467 e. The molecule has 1 aromatic rings. The number of esters is 1. The molecule has 6 nitrogen and oxygen atoms in total. The van der Waals surface area contributed by atoms with Crippen molar-refractivity contribution < 1.29 is 19.1 Å². The molecule has 1 N–H and O–H groups in total. The Morgan fingerprint density at radius 1 is 1.50 bits per heavy atom. The molecule has 0 radical (unpaired) electrons. The van der Waals surface area contributed by atoms with Crippen LogP contribution in [0.2, 0.25) is 0 Å². The predicted molar refractivity (Wildman–Crippen MR) is 66.1 cm³/mol. The third kappa shape index (κ3) is 4.33. The van der Waals surface area contributed by atoms with Crippen LogP contribution in [-0.2, 0) is 20.9 Å². The maximum absolute atomic E-state index is 11.5. The van der Waals surface area contributed by atoms with Crippen molar-refractivity contribution >= 4 is 23.4 Å². The van der Waals surface area contributed by atoms with Crippen LogP contribution in [0.15, 0.2) is 11.6 Å². The van der Waals surface area contributed by atoms with Gasteiger partial charge in [-0.1, -0.05) is 13.8 Å². The summed E-state index contributed by atoms with van der Waals surface area (Å²) in [6.45, 7) is 3.71. The average molecular weight is 272 g/mol. The quantitative estimate of drug-likeness (QED) is 0.823. The standard InChI is InChI=1S/C11H16N2O4S/c1-7(2)9(10(14)16-3)13-11(15)17-6-8-12-4-5-18-8/h4-5,7,9H,6H2,1-3H3,(H,13,15). The summed E-state index contributed by atoms with van der Waals surface area (Å²) >= 11 is 1.39. The van der Waals surface area contributed by atoms with Crippen LogP contribution in [0.25, 0.3) is 0 Å². The maximum atomic E-state index is 11.5. The molecule has 1 unspecified atom stereocenters. The van der Waals surface area contributed by atoms with E-state index in [1.807, 2.05) is 13.8 Å². The summed E-state index contributed by atoms with van der Waals surface area (Å²) in [7, 11) is 1.28. The zero-order valence-electron chi connectivity index (χ0n) is 10.5. The van der Waals surface area contributed by atoms with E-state index in [4.69, 9.17) is 4.74 Å². The number of rotatable bonds is 5. The molecule has 18 heavy (non-hydrogen) atoms. The van der Waals surface area contributed by atoms with Crippen LogP contribution in [0.1, 0.15) is 18.9 Å². The van der Waals surface area contributed by atoms with Crippen molar-refractivity contribution in [1.29, 1.82) is 0 Å². The van der Waals surface area contributed by atoms with E-state index in [-0.39, 0.29) is 12.5 Å². The predicted octanol–water partition coefficient (Wildman–Crippen LogP) is 1.57. The maximum Gasteiger partial charge on any atom is 0.408 e. The van der Waals surface area contributed by atoms with Crippen molar-refractivity contribution in [3.8, 4) is 0 Å². The molecule has 0 aromatic carbocycles. The number of alkyl carbamates (subject to hydrolysis) is 1. The minimum atomic E-state index is -0.709. The molecule has 1 atom stereocenters. The van der Waals surface area contributed by atoms with Gasteiger partial charge in [0.15, 0.2) is 0 Å². The summed E-state index contributed by atoms with van der Waals surface area (Å²) in [6.07, 6.45) is 0.974. The van der Waals surface area contributed by atoms with Gasteiger partial charge in [0.1, 0.15) is 17.7 Å². The van der Waals surface area contributed by atoms with Gasteiger partial charge < -0.3 is 14.8 Å². The van der Waals surface area contributed by atoms with Gasteiger partial charge in [0.25, 0.3) is 0 Å². The summed E-state index contributed by atoms with van der Waals surface area (Å²) in [6, 6.07) is -0.709. The molecule has 7 heteroatoms. The van der Waals surface area contributed by atoms with Gasteiger partial charge in [0.05, 0.1) is 7.11 Å². The summed E-state index contributed by atoms with van der Waals surface area (Å²) in [4.78, 5) is 26.9. The van der Waals surface area contributed by atoms with Crippen molar-refractivity contribution in [3.05, 3.63) is 16.6 Å². The molecule has 0 saturated carbocycles. The molecule has 1 heterocycles. The summed E-state index contributed by atoms with van der Waals surface area (Å²) < 4.78 is 9.56. The Morgan fingerprint density at radius 3 is 2.72 bits per heavy atom. The lowest BCUT2D eigenvalue weighted by molar-refractivity contribution is -0.144. The van der Waals surface area contributed by atoms with E-state index in [0.29, 0.717) is 5.01 Å². The highest BCUT2D eigenvalue weighted by atomic mass is 32.1. The Kier molecular flexibility index (Phi) is 5.57. The lowest BCUT2D eigenvalue weighted by Gasteiger charge is -2.19. The fourth-order valence-electron chi connectivity index (χ4n) is 1.24. The van der Waals surface area contributed by atoms with E-state index in [1.54, 1.807) is 11.6 Å². The van der Waals surface area contributed by atoms with Gasteiger partial charge in [0, 0.05) is 11.6 Å². The number of nitrogens with one attached hydrogen (secondary N) is 1. The van der Waals surface area contributed by atoms with Gasteiger partial charge in [-0.2, -0.15) is 0 Å². The minimum absolute atomic E-state index is 0.0788. The largest absolute Gasteiger partial charge is 0.467 e. The van der Waals surface area contributed by atoms with Crippen molar-refractivity contribution in [2.75, 3.05) is 7.11 Å². The van der Waals surface area contributed by atoms with Crippen molar-refractivity contribution in [3.63, 3.8) is 0 Å². The first-order chi connectivity index (χ1) is 8.54. The Bertz CT molecular complexity index is 392. The number of hydrogen-bond donors (Lipinski definition) is 1. The second-order valence-corrected chi connectivity index (χ2v) is 4.87. The van der Waals surface area contributed by atoms with Crippen molar-refractivity contribution in [2.45, 2.75) is 26.5 Å². The highest BCUT2D eigenvalue weighted by Gasteiger charge is 2.25. The second-order valence-electron chi connectivity index (χ2n) is 3.89. The Balaban J connectivity index is 2.44. The molecule has 0 aliphatic carbocycles. The SMILES string of the molecule is COC(=O)C(NC(=O)OCc1nccs1)C(C)C. The summed E-state index contributed by atoms with van der Waals surface area (Å²) in [5.74, 6) is -0.568. The number of amides is 1. The van der Waals surface area contributed by atoms with Crippen molar-refractivity contribution in [2.24, 2.45) is 5.92 Å². The van der Waals surface area contributed by atoms with E-state index in [1.165, 1.54) is 18.4 Å². The monoisotopic (exact) mass is 272 g/mol. The van der Waals surface area contributed by atoms with Crippen LogP contribution < -0.4 is 5.32 Å². The van der Waals surface area contributed by atoms with E-state index in [2.05, 4.69) is 15.0 Å². The highest BCUT2D eigenvalue weighted by Crippen LogP contribution is 2.07. The molecule has 0 aliphatic rings. The molecule has 1 rings (SSSR count). The number of aromatic nitrogens is 1. The number of carbonyl (C=O) groups excluding carboxylic acids is 2. The first-order valence-corrected chi connectivity index (χ1v) is 6.32. The molecule has 0 fully saturated rings. The Labute approximate surface area is 109 Å². The second kappa shape index (κ2) is 6.95. The van der Waals surface area contributed by atoms with Crippen LogP contribution in [0.4, 0.5) is 4.79 Å². The third-order valence-corrected chi connectivity index (χ3v) is 2.96. The molecule has 1 aromatic heterocycles. The van der Waals surface area contributed by atoms with E-state index in [0.717, 1.165) is 0 Å². The smallest absolute Gasteiger partial charge is 0.408 e. The topological polar surface area (TPSA) is 77.5 Å². The number of methoxy groups -OCH3 is 1. The normalized spacial score (nSPS) is 12.0. The van der Waals surface area contributed by atoms with Crippen molar-refractivity contribution in [1.82, 2.24) is 10.3 Å². The Hall–Kier alpha value is -1.63. The molecule has 1 amide bonds. The van der Waals surface area contributed by atoms with Gasteiger partial charge in [-0.25, -0.2) is 14.6 Å². The fraction of sp³-hybridized carbons (Fsp3) is 0.545. The number of nitrogens with zero attached hydrogens (tertiary/aromatic N) is 1. The lowest BCUT2D eigenvalue weighted by Crippen LogP contribution is -2.45. The number of carbonyl (C=O) groups is 2. The molecular formula is C11H16N2O4S. The van der Waals surface area contributed by atoms with Gasteiger partial charge >= 0.3 is 12.1 Å². The van der Waals surface area contributed by atoms with Crippen LogP contribution in [0.5, 0.6) is 0 Å². The van der Waals surface area contributed by atoms with Gasteiger partial charge in [-0.05, 0) is 5.92 Å². The Morgan fingerprint density at radius 2 is 2.22 bits per heavy atom. The summed E-state index contributed by atoms with van der Waals surface area (Å²) in [5, 5.41) is 4.96. The molecule has 0 aliphatic heterocycles. The first-order valence-electron chi connectivity index (χ1n) is 5.44. The zero-order chi connectivity index (χ0) is 13.5. The molecule has 0 saturated heterocycles. The van der Waals surface area contributed by atoms with E-state index in [9.17, 15) is 9.59 Å². The van der Waals surface area contributed by atoms with Crippen LogP contribution in [-0.4, -0.2) is 30.2 Å². The van der Waals surface area contributed by atoms with Crippen LogP contribution in [0, 0.1) is 5.92 Å². The highest BCUT2D eigenvalue weighted by molar-refractivity contribution is 7.09. The number of thiazole rings is 1. The molecular weight excluding hydrogens is 256 g/mol.